The number of aromatic nitrogens is 2. The van der Waals surface area contributed by atoms with Crippen molar-refractivity contribution in [2.45, 2.75) is 19.5 Å². The van der Waals surface area contributed by atoms with Crippen molar-refractivity contribution in [2.24, 2.45) is 5.73 Å². The number of aryl methyl sites for hydroxylation is 1. The van der Waals surface area contributed by atoms with Crippen molar-refractivity contribution in [2.75, 3.05) is 14.1 Å². The molecule has 1 unspecified atom stereocenters. The van der Waals surface area contributed by atoms with E-state index in [9.17, 15) is 0 Å². The van der Waals surface area contributed by atoms with Crippen LogP contribution in [0.1, 0.15) is 28.7 Å². The van der Waals surface area contributed by atoms with Crippen LogP contribution in [0.2, 0.25) is 5.02 Å². The molecule has 5 heteroatoms. The molecule has 0 bridgehead atoms. The van der Waals surface area contributed by atoms with Crippen molar-refractivity contribution in [3.05, 3.63) is 82.4 Å². The van der Waals surface area contributed by atoms with E-state index in [1.54, 1.807) is 0 Å². The number of benzene rings is 2. The fourth-order valence-corrected chi connectivity index (χ4v) is 3.25. The molecule has 4 nitrogen and oxygen atoms in total. The summed E-state index contributed by atoms with van der Waals surface area (Å²) in [6.45, 7) is 2.80. The zero-order chi connectivity index (χ0) is 18.0. The lowest BCUT2D eigenvalue weighted by Crippen LogP contribution is -2.18. The maximum atomic E-state index is 6.59. The Hall–Kier alpha value is -2.14. The lowest BCUT2D eigenvalue weighted by Gasteiger charge is -2.21. The van der Waals surface area contributed by atoms with E-state index in [4.69, 9.17) is 17.3 Å². The molecule has 0 radical (unpaired) electrons. The topological polar surface area (TPSA) is 47.1 Å². The molecule has 0 fully saturated rings. The Labute approximate surface area is 153 Å². The molecule has 0 saturated carbocycles. The molecule has 3 rings (SSSR count). The fourth-order valence-electron chi connectivity index (χ4n) is 3.07. The highest BCUT2D eigenvalue weighted by Gasteiger charge is 2.18. The van der Waals surface area contributed by atoms with Crippen LogP contribution in [0.5, 0.6) is 0 Å². The van der Waals surface area contributed by atoms with E-state index in [1.165, 1.54) is 0 Å². The predicted octanol–water partition coefficient (Wildman–Crippen LogP) is 3.94. The summed E-state index contributed by atoms with van der Waals surface area (Å²) in [6, 6.07) is 15.7. The SMILES string of the molecule is Cc1ncc(CN(C)C)n1-c1ccc(Cl)cc1C(N)c1ccccc1. The first-order valence-corrected chi connectivity index (χ1v) is 8.63. The number of hydrogen-bond donors (Lipinski definition) is 1. The summed E-state index contributed by atoms with van der Waals surface area (Å²) in [6.07, 6.45) is 1.92. The van der Waals surface area contributed by atoms with Gasteiger partial charge >= 0.3 is 0 Å². The van der Waals surface area contributed by atoms with Crippen LogP contribution in [0.15, 0.2) is 54.7 Å². The summed E-state index contributed by atoms with van der Waals surface area (Å²) in [7, 11) is 4.09. The van der Waals surface area contributed by atoms with Crippen LogP contribution in [0.3, 0.4) is 0 Å². The summed E-state index contributed by atoms with van der Waals surface area (Å²) in [5.74, 6) is 0.931. The highest BCUT2D eigenvalue weighted by molar-refractivity contribution is 6.30. The van der Waals surface area contributed by atoms with Crippen molar-refractivity contribution in [1.29, 1.82) is 0 Å². The second kappa shape index (κ2) is 7.40. The largest absolute Gasteiger partial charge is 0.320 e. The first-order chi connectivity index (χ1) is 12.0. The van der Waals surface area contributed by atoms with Crippen LogP contribution < -0.4 is 5.73 Å². The summed E-state index contributed by atoms with van der Waals surface area (Å²) in [5.41, 5.74) is 10.8. The first-order valence-electron chi connectivity index (χ1n) is 8.25. The number of imidazole rings is 1. The van der Waals surface area contributed by atoms with Crippen molar-refractivity contribution in [3.8, 4) is 5.69 Å². The maximum Gasteiger partial charge on any atom is 0.110 e. The molecule has 0 aliphatic heterocycles. The minimum absolute atomic E-state index is 0.260. The molecule has 2 aromatic carbocycles. The van der Waals surface area contributed by atoms with E-state index < -0.39 is 0 Å². The van der Waals surface area contributed by atoms with Crippen molar-refractivity contribution < 1.29 is 0 Å². The van der Waals surface area contributed by atoms with Gasteiger partial charge in [0, 0.05) is 11.6 Å². The Kier molecular flexibility index (Phi) is 5.23. The number of halogens is 1. The van der Waals surface area contributed by atoms with Gasteiger partial charge in [0.05, 0.1) is 23.6 Å². The number of hydrogen-bond acceptors (Lipinski definition) is 3. The smallest absolute Gasteiger partial charge is 0.110 e. The quantitative estimate of drug-likeness (QED) is 0.754. The van der Waals surface area contributed by atoms with Crippen LogP contribution in [-0.4, -0.2) is 28.5 Å². The van der Waals surface area contributed by atoms with E-state index in [-0.39, 0.29) is 6.04 Å². The standard InChI is InChI=1S/C20H23ClN4/c1-14-23-12-17(13-24(2)3)25(14)19-10-9-16(21)11-18(19)20(22)15-7-5-4-6-8-15/h4-12,20H,13,22H2,1-3H3. The Morgan fingerprint density at radius 1 is 1.16 bits per heavy atom. The van der Waals surface area contributed by atoms with Gasteiger partial charge in [-0.2, -0.15) is 0 Å². The van der Waals surface area contributed by atoms with Crippen molar-refractivity contribution in [1.82, 2.24) is 14.5 Å². The molecule has 1 heterocycles. The number of rotatable bonds is 5. The molecule has 0 aliphatic carbocycles. The van der Waals surface area contributed by atoms with Crippen LogP contribution in [0, 0.1) is 6.92 Å². The van der Waals surface area contributed by atoms with Crippen LogP contribution in [0.4, 0.5) is 0 Å². The normalized spacial score (nSPS) is 12.6. The van der Waals surface area contributed by atoms with E-state index in [0.717, 1.165) is 34.9 Å². The Bertz CT molecular complexity index is 855. The van der Waals surface area contributed by atoms with E-state index in [2.05, 4.69) is 14.5 Å². The zero-order valence-electron chi connectivity index (χ0n) is 14.8. The lowest BCUT2D eigenvalue weighted by molar-refractivity contribution is 0.393. The molecule has 1 aromatic heterocycles. The zero-order valence-corrected chi connectivity index (χ0v) is 15.5. The molecule has 0 amide bonds. The van der Waals surface area contributed by atoms with Gasteiger partial charge in [0.1, 0.15) is 5.82 Å². The number of nitrogens with two attached hydrogens (primary N) is 1. The third kappa shape index (κ3) is 3.76. The molecule has 130 valence electrons. The third-order valence-corrected chi connectivity index (χ3v) is 4.45. The Morgan fingerprint density at radius 3 is 2.56 bits per heavy atom. The molecule has 3 aromatic rings. The van der Waals surface area contributed by atoms with E-state index >= 15 is 0 Å². The van der Waals surface area contributed by atoms with Gasteiger partial charge in [-0.15, -0.1) is 0 Å². The molecule has 0 aliphatic rings. The average molecular weight is 355 g/mol. The summed E-state index contributed by atoms with van der Waals surface area (Å²) < 4.78 is 2.16. The molecular weight excluding hydrogens is 332 g/mol. The first kappa shape index (κ1) is 17.7. The third-order valence-electron chi connectivity index (χ3n) is 4.21. The second-order valence-corrected chi connectivity index (χ2v) is 6.90. The number of nitrogens with zero attached hydrogens (tertiary/aromatic N) is 3. The minimum Gasteiger partial charge on any atom is -0.320 e. The summed E-state index contributed by atoms with van der Waals surface area (Å²) in [5, 5.41) is 0.678. The lowest BCUT2D eigenvalue weighted by atomic mass is 9.97. The van der Waals surface area contributed by atoms with E-state index in [0.29, 0.717) is 5.02 Å². The average Bonchev–Trinajstić information content (AvgIpc) is 2.95. The van der Waals surface area contributed by atoms with Gasteiger partial charge in [0.25, 0.3) is 0 Å². The Morgan fingerprint density at radius 2 is 1.88 bits per heavy atom. The minimum atomic E-state index is -0.260. The van der Waals surface area contributed by atoms with Gasteiger partial charge in [-0.05, 0) is 50.3 Å². The van der Waals surface area contributed by atoms with Crippen molar-refractivity contribution in [3.63, 3.8) is 0 Å². The van der Waals surface area contributed by atoms with Gasteiger partial charge in [-0.1, -0.05) is 41.9 Å². The Balaban J connectivity index is 2.14. The highest BCUT2D eigenvalue weighted by atomic mass is 35.5. The van der Waals surface area contributed by atoms with Gasteiger partial charge < -0.3 is 10.6 Å². The van der Waals surface area contributed by atoms with Gasteiger partial charge in [0.15, 0.2) is 0 Å². The van der Waals surface area contributed by atoms with Crippen LogP contribution in [0.25, 0.3) is 5.69 Å². The summed E-state index contributed by atoms with van der Waals surface area (Å²) in [4.78, 5) is 6.63. The highest BCUT2D eigenvalue weighted by Crippen LogP contribution is 2.30. The van der Waals surface area contributed by atoms with Crippen LogP contribution in [-0.2, 0) is 6.54 Å². The predicted molar refractivity (Wildman–Crippen MR) is 103 cm³/mol. The maximum absolute atomic E-state index is 6.59. The van der Waals surface area contributed by atoms with Gasteiger partial charge in [-0.25, -0.2) is 4.98 Å². The molecule has 2 N–H and O–H groups in total. The molecular formula is C20H23ClN4. The molecule has 0 spiro atoms. The molecule has 25 heavy (non-hydrogen) atoms. The summed E-state index contributed by atoms with van der Waals surface area (Å²) >= 11 is 6.28. The second-order valence-electron chi connectivity index (χ2n) is 6.46. The van der Waals surface area contributed by atoms with Crippen LogP contribution >= 0.6 is 11.6 Å². The monoisotopic (exact) mass is 354 g/mol. The van der Waals surface area contributed by atoms with Gasteiger partial charge in [0.2, 0.25) is 0 Å². The molecule has 0 saturated heterocycles. The van der Waals surface area contributed by atoms with E-state index in [1.807, 2.05) is 75.7 Å². The van der Waals surface area contributed by atoms with Crippen molar-refractivity contribution >= 4 is 11.6 Å². The molecule has 1 atom stereocenters. The van der Waals surface area contributed by atoms with Gasteiger partial charge in [-0.3, -0.25) is 4.57 Å². The fraction of sp³-hybridized carbons (Fsp3) is 0.250.